The minimum Gasteiger partial charge on any atom is -0.469 e. The molecule has 0 saturated heterocycles. The fourth-order valence-corrected chi connectivity index (χ4v) is 1.45. The van der Waals surface area contributed by atoms with Gasteiger partial charge >= 0.3 is 5.97 Å². The van der Waals surface area contributed by atoms with Gasteiger partial charge in [0.15, 0.2) is 0 Å². The molecule has 1 unspecified atom stereocenters. The highest BCUT2D eigenvalue weighted by Gasteiger charge is 2.07. The summed E-state index contributed by atoms with van der Waals surface area (Å²) in [5.74, 6) is 0.818. The zero-order valence-corrected chi connectivity index (χ0v) is 9.10. The first-order valence-electron chi connectivity index (χ1n) is 4.44. The average molecular weight is 206 g/mol. The lowest BCUT2D eigenvalue weighted by molar-refractivity contribution is -0.141. The Morgan fingerprint density at radius 1 is 1.54 bits per heavy atom. The maximum atomic E-state index is 10.7. The fraction of sp³-hybridized carbons (Fsp3) is 0.889. The molecule has 0 radical (unpaired) electrons. The van der Waals surface area contributed by atoms with E-state index in [1.807, 2.05) is 6.26 Å². The number of rotatable bonds is 7. The highest BCUT2D eigenvalue weighted by molar-refractivity contribution is 7.98. The van der Waals surface area contributed by atoms with Gasteiger partial charge in [0.2, 0.25) is 0 Å². The maximum absolute atomic E-state index is 10.7. The summed E-state index contributed by atoms with van der Waals surface area (Å²) >= 11 is 1.77. The third-order valence-electron chi connectivity index (χ3n) is 1.80. The van der Waals surface area contributed by atoms with E-state index >= 15 is 0 Å². The molecule has 0 aliphatic rings. The third kappa shape index (κ3) is 8.12. The number of hydrogen-bond acceptors (Lipinski definition) is 4. The molecule has 1 atom stereocenters. The highest BCUT2D eigenvalue weighted by atomic mass is 32.2. The summed E-state index contributed by atoms with van der Waals surface area (Å²) in [7, 11) is 1.36. The summed E-state index contributed by atoms with van der Waals surface area (Å²) in [4.78, 5) is 10.7. The van der Waals surface area contributed by atoms with Crippen LogP contribution in [0.15, 0.2) is 0 Å². The van der Waals surface area contributed by atoms with Crippen LogP contribution >= 0.6 is 11.8 Å². The van der Waals surface area contributed by atoms with Gasteiger partial charge in [0.25, 0.3) is 0 Å². The van der Waals surface area contributed by atoms with Gasteiger partial charge in [-0.25, -0.2) is 0 Å². The van der Waals surface area contributed by atoms with Gasteiger partial charge < -0.3 is 9.84 Å². The molecule has 0 fully saturated rings. The number of thioether (sulfide) groups is 1. The van der Waals surface area contributed by atoms with Gasteiger partial charge in [-0.2, -0.15) is 11.8 Å². The van der Waals surface area contributed by atoms with Crippen LogP contribution in [0.25, 0.3) is 0 Å². The number of aliphatic hydroxyl groups excluding tert-OH is 1. The lowest BCUT2D eigenvalue weighted by Crippen LogP contribution is -2.10. The van der Waals surface area contributed by atoms with Gasteiger partial charge in [0.1, 0.15) is 0 Å². The first-order valence-corrected chi connectivity index (χ1v) is 5.84. The molecular weight excluding hydrogens is 188 g/mol. The number of carbonyl (C=O) groups is 1. The number of hydrogen-bond donors (Lipinski definition) is 1. The minimum atomic E-state index is -0.355. The van der Waals surface area contributed by atoms with Crippen LogP contribution in [0.1, 0.15) is 25.7 Å². The zero-order chi connectivity index (χ0) is 10.1. The zero-order valence-electron chi connectivity index (χ0n) is 8.28. The normalized spacial score (nSPS) is 12.5. The van der Waals surface area contributed by atoms with Crippen molar-refractivity contribution in [2.24, 2.45) is 0 Å². The van der Waals surface area contributed by atoms with Gasteiger partial charge in [0.05, 0.1) is 13.2 Å². The van der Waals surface area contributed by atoms with E-state index in [2.05, 4.69) is 4.74 Å². The molecule has 0 aliphatic heterocycles. The van der Waals surface area contributed by atoms with Crippen molar-refractivity contribution < 1.29 is 14.6 Å². The second kappa shape index (κ2) is 8.38. The van der Waals surface area contributed by atoms with Crippen molar-refractivity contribution in [2.45, 2.75) is 31.8 Å². The first-order chi connectivity index (χ1) is 6.20. The van der Waals surface area contributed by atoms with E-state index < -0.39 is 0 Å². The molecule has 0 saturated carbocycles. The van der Waals surface area contributed by atoms with E-state index in [0.29, 0.717) is 12.8 Å². The molecule has 13 heavy (non-hydrogen) atoms. The second-order valence-electron chi connectivity index (χ2n) is 2.90. The van der Waals surface area contributed by atoms with Crippen LogP contribution in [0.2, 0.25) is 0 Å². The van der Waals surface area contributed by atoms with Crippen LogP contribution in [0, 0.1) is 0 Å². The van der Waals surface area contributed by atoms with E-state index in [0.717, 1.165) is 18.6 Å². The molecule has 0 bridgehead atoms. The van der Waals surface area contributed by atoms with Crippen molar-refractivity contribution in [1.29, 1.82) is 0 Å². The second-order valence-corrected chi connectivity index (χ2v) is 3.89. The Hall–Kier alpha value is -0.220. The van der Waals surface area contributed by atoms with E-state index in [-0.39, 0.29) is 12.1 Å². The average Bonchev–Trinajstić information content (AvgIpc) is 2.14. The van der Waals surface area contributed by atoms with E-state index in [9.17, 15) is 9.90 Å². The summed E-state index contributed by atoms with van der Waals surface area (Å²) in [5.41, 5.74) is 0. The molecule has 0 rings (SSSR count). The Morgan fingerprint density at radius 3 is 2.77 bits per heavy atom. The van der Waals surface area contributed by atoms with Crippen molar-refractivity contribution in [2.75, 3.05) is 19.1 Å². The lowest BCUT2D eigenvalue weighted by Gasteiger charge is -2.08. The van der Waals surface area contributed by atoms with Gasteiger partial charge in [-0.1, -0.05) is 0 Å². The van der Waals surface area contributed by atoms with E-state index in [1.165, 1.54) is 7.11 Å². The number of carbonyl (C=O) groups excluding carboxylic acids is 1. The predicted octanol–water partition coefficient (Wildman–Crippen LogP) is 1.44. The van der Waals surface area contributed by atoms with E-state index in [1.54, 1.807) is 11.8 Å². The Kier molecular flexibility index (Phi) is 8.24. The van der Waals surface area contributed by atoms with Crippen molar-refractivity contribution in [3.63, 3.8) is 0 Å². The van der Waals surface area contributed by atoms with Crippen LogP contribution in [0.3, 0.4) is 0 Å². The SMILES string of the molecule is COC(=O)CCC(O)CCCSC. The molecule has 0 spiro atoms. The molecular formula is C9H18O3S. The summed E-state index contributed by atoms with van der Waals surface area (Å²) in [5, 5.41) is 9.40. The maximum Gasteiger partial charge on any atom is 0.305 e. The molecule has 0 aromatic carbocycles. The van der Waals surface area contributed by atoms with Gasteiger partial charge in [-0.3, -0.25) is 4.79 Å². The summed E-state index contributed by atoms with van der Waals surface area (Å²) in [6.07, 6.45) is 4.30. The Morgan fingerprint density at radius 2 is 2.23 bits per heavy atom. The number of ether oxygens (including phenoxy) is 1. The Labute approximate surface area is 83.9 Å². The number of esters is 1. The molecule has 3 nitrogen and oxygen atoms in total. The molecule has 78 valence electrons. The third-order valence-corrected chi connectivity index (χ3v) is 2.49. The van der Waals surface area contributed by atoms with Crippen LogP contribution in [-0.4, -0.2) is 36.3 Å². The monoisotopic (exact) mass is 206 g/mol. The number of aliphatic hydroxyl groups is 1. The topological polar surface area (TPSA) is 46.5 Å². The largest absolute Gasteiger partial charge is 0.469 e. The van der Waals surface area contributed by atoms with Crippen molar-refractivity contribution in [1.82, 2.24) is 0 Å². The van der Waals surface area contributed by atoms with E-state index in [4.69, 9.17) is 0 Å². The summed E-state index contributed by atoms with van der Waals surface area (Å²) in [6.45, 7) is 0. The quantitative estimate of drug-likeness (QED) is 0.506. The molecule has 0 aromatic rings. The van der Waals surface area contributed by atoms with Crippen molar-refractivity contribution >= 4 is 17.7 Å². The molecule has 0 heterocycles. The summed E-state index contributed by atoms with van der Waals surface area (Å²) < 4.78 is 4.47. The first kappa shape index (κ1) is 12.8. The molecule has 0 aliphatic carbocycles. The minimum absolute atomic E-state index is 0.246. The van der Waals surface area contributed by atoms with Crippen LogP contribution < -0.4 is 0 Å². The molecule has 4 heteroatoms. The van der Waals surface area contributed by atoms with Gasteiger partial charge in [-0.15, -0.1) is 0 Å². The van der Waals surface area contributed by atoms with Crippen LogP contribution in [0.4, 0.5) is 0 Å². The fourth-order valence-electron chi connectivity index (χ4n) is 0.994. The highest BCUT2D eigenvalue weighted by Crippen LogP contribution is 2.07. The Balaban J connectivity index is 3.29. The predicted molar refractivity (Wildman–Crippen MR) is 54.9 cm³/mol. The number of methoxy groups -OCH3 is 1. The summed E-state index contributed by atoms with van der Waals surface area (Å²) in [6, 6.07) is 0. The van der Waals surface area contributed by atoms with Gasteiger partial charge in [0, 0.05) is 6.42 Å². The molecule has 1 N–H and O–H groups in total. The van der Waals surface area contributed by atoms with Crippen LogP contribution in [-0.2, 0) is 9.53 Å². The molecule has 0 amide bonds. The lowest BCUT2D eigenvalue weighted by atomic mass is 10.1. The van der Waals surface area contributed by atoms with Crippen LogP contribution in [0.5, 0.6) is 0 Å². The standard InChI is InChI=1S/C9H18O3S/c1-12-9(11)6-5-8(10)4-3-7-13-2/h8,10H,3-7H2,1-2H3. The van der Waals surface area contributed by atoms with Crippen molar-refractivity contribution in [3.8, 4) is 0 Å². The Bertz CT molecular complexity index is 139. The smallest absolute Gasteiger partial charge is 0.305 e. The van der Waals surface area contributed by atoms with Gasteiger partial charge in [-0.05, 0) is 31.3 Å². The molecule has 0 aromatic heterocycles. The van der Waals surface area contributed by atoms with Crippen molar-refractivity contribution in [3.05, 3.63) is 0 Å².